The minimum atomic E-state index is -2.75. The fraction of sp³-hybridized carbons (Fsp3) is 0.522. The van der Waals surface area contributed by atoms with Crippen LogP contribution in [0, 0.1) is 0 Å². The fourth-order valence-corrected chi connectivity index (χ4v) is 4.69. The lowest BCUT2D eigenvalue weighted by molar-refractivity contribution is -0.143. The SMILES string of the molecule is CC1CN(C(=O)OC2CC(F)(F)C2)c2cc(-c3cnn(C4CCNC(=O)C4)c3)ccc2N1C. The van der Waals surface area contributed by atoms with Crippen LogP contribution >= 0.6 is 0 Å². The Morgan fingerprint density at radius 1 is 1.24 bits per heavy atom. The summed E-state index contributed by atoms with van der Waals surface area (Å²) in [5, 5.41) is 7.29. The highest BCUT2D eigenvalue weighted by atomic mass is 19.3. The van der Waals surface area contributed by atoms with Gasteiger partial charge in [0.1, 0.15) is 6.10 Å². The van der Waals surface area contributed by atoms with E-state index in [4.69, 9.17) is 4.74 Å². The van der Waals surface area contributed by atoms with Crippen molar-refractivity contribution in [3.63, 3.8) is 0 Å². The molecule has 33 heavy (non-hydrogen) atoms. The number of benzene rings is 1. The van der Waals surface area contributed by atoms with E-state index in [0.29, 0.717) is 25.2 Å². The van der Waals surface area contributed by atoms with Gasteiger partial charge in [-0.2, -0.15) is 5.10 Å². The van der Waals surface area contributed by atoms with Crippen LogP contribution in [0.5, 0.6) is 0 Å². The lowest BCUT2D eigenvalue weighted by Crippen LogP contribution is -2.51. The zero-order chi connectivity index (χ0) is 23.3. The zero-order valence-electron chi connectivity index (χ0n) is 18.6. The number of halogens is 2. The molecule has 0 bridgehead atoms. The maximum Gasteiger partial charge on any atom is 0.414 e. The standard InChI is InChI=1S/C23H27F2N5O3/c1-14-12-29(22(32)33-18-9-23(24,25)10-18)20-7-15(3-4-19(20)28(14)2)16-11-27-30(13-16)17-5-6-26-21(31)8-17/h3-4,7,11,13-14,17-18H,5-6,8-10,12H2,1-2H3,(H,26,31). The van der Waals surface area contributed by atoms with Gasteiger partial charge in [-0.05, 0) is 31.0 Å². The molecule has 2 amide bonds. The molecule has 10 heteroatoms. The van der Waals surface area contributed by atoms with Crippen LogP contribution in [0.15, 0.2) is 30.6 Å². The average Bonchev–Trinajstić information content (AvgIpc) is 3.25. The number of carbonyl (C=O) groups is 2. The third-order valence-corrected chi connectivity index (χ3v) is 6.82. The average molecular weight is 459 g/mol. The Morgan fingerprint density at radius 3 is 2.76 bits per heavy atom. The Balaban J connectivity index is 1.40. The van der Waals surface area contributed by atoms with E-state index in [9.17, 15) is 18.4 Å². The summed E-state index contributed by atoms with van der Waals surface area (Å²) in [6, 6.07) is 5.88. The van der Waals surface area contributed by atoms with Gasteiger partial charge in [-0.25, -0.2) is 13.6 Å². The molecule has 3 heterocycles. The number of piperidine rings is 1. The third-order valence-electron chi connectivity index (χ3n) is 6.82. The van der Waals surface area contributed by atoms with E-state index in [1.807, 2.05) is 43.0 Å². The molecule has 5 rings (SSSR count). The van der Waals surface area contributed by atoms with Gasteiger partial charge in [0.2, 0.25) is 5.91 Å². The van der Waals surface area contributed by atoms with Gasteiger partial charge in [-0.3, -0.25) is 14.4 Å². The Morgan fingerprint density at radius 2 is 2.03 bits per heavy atom. The van der Waals surface area contributed by atoms with Crippen molar-refractivity contribution in [2.24, 2.45) is 0 Å². The Bertz CT molecular complexity index is 1080. The minimum absolute atomic E-state index is 0.0178. The molecule has 2 fully saturated rings. The van der Waals surface area contributed by atoms with Crippen molar-refractivity contribution in [2.45, 2.75) is 56.7 Å². The van der Waals surface area contributed by atoms with Crippen LogP contribution in [0.25, 0.3) is 11.1 Å². The first-order valence-electron chi connectivity index (χ1n) is 11.2. The number of anilines is 2. The van der Waals surface area contributed by atoms with Crippen LogP contribution in [0.3, 0.4) is 0 Å². The first-order chi connectivity index (χ1) is 15.7. The molecule has 1 aromatic heterocycles. The summed E-state index contributed by atoms with van der Waals surface area (Å²) in [6.07, 6.45) is 2.69. The normalized spacial score (nSPS) is 24.7. The molecule has 2 aromatic rings. The number of alkyl halides is 2. The number of aromatic nitrogens is 2. The quantitative estimate of drug-likeness (QED) is 0.759. The smallest absolute Gasteiger partial charge is 0.414 e. The van der Waals surface area contributed by atoms with Crippen molar-refractivity contribution in [1.29, 1.82) is 0 Å². The number of rotatable bonds is 3. The number of carbonyl (C=O) groups excluding carboxylic acids is 2. The number of hydrogen-bond acceptors (Lipinski definition) is 5. The topological polar surface area (TPSA) is 79.7 Å². The largest absolute Gasteiger partial charge is 0.445 e. The monoisotopic (exact) mass is 459 g/mol. The molecule has 2 aliphatic heterocycles. The van der Waals surface area contributed by atoms with Crippen molar-refractivity contribution in [2.75, 3.05) is 29.9 Å². The van der Waals surface area contributed by atoms with E-state index in [1.54, 1.807) is 6.20 Å². The minimum Gasteiger partial charge on any atom is -0.445 e. The number of fused-ring (bicyclic) bond motifs is 1. The second-order valence-electron chi connectivity index (χ2n) is 9.25. The number of hydrogen-bond donors (Lipinski definition) is 1. The van der Waals surface area contributed by atoms with E-state index < -0.39 is 31.0 Å². The molecule has 2 atom stereocenters. The van der Waals surface area contributed by atoms with Crippen LogP contribution < -0.4 is 15.1 Å². The molecule has 1 aliphatic carbocycles. The highest BCUT2D eigenvalue weighted by Gasteiger charge is 2.48. The molecular weight excluding hydrogens is 432 g/mol. The van der Waals surface area contributed by atoms with Gasteiger partial charge in [0, 0.05) is 57.2 Å². The van der Waals surface area contributed by atoms with E-state index in [-0.39, 0.29) is 18.0 Å². The summed E-state index contributed by atoms with van der Waals surface area (Å²) >= 11 is 0. The molecule has 3 aliphatic rings. The summed E-state index contributed by atoms with van der Waals surface area (Å²) in [6.45, 7) is 3.02. The highest BCUT2D eigenvalue weighted by molar-refractivity contribution is 5.95. The first-order valence-corrected chi connectivity index (χ1v) is 11.2. The van der Waals surface area contributed by atoms with Crippen LogP contribution in [0.2, 0.25) is 0 Å². The number of likely N-dealkylation sites (N-methyl/N-ethyl adjacent to an activating group) is 1. The van der Waals surface area contributed by atoms with Crippen LogP contribution in [-0.2, 0) is 9.53 Å². The predicted octanol–water partition coefficient (Wildman–Crippen LogP) is 3.58. The predicted molar refractivity (Wildman–Crippen MR) is 119 cm³/mol. The zero-order valence-corrected chi connectivity index (χ0v) is 18.6. The summed E-state index contributed by atoms with van der Waals surface area (Å²) < 4.78 is 33.6. The van der Waals surface area contributed by atoms with Gasteiger partial charge in [0.25, 0.3) is 5.92 Å². The van der Waals surface area contributed by atoms with Gasteiger partial charge in [-0.15, -0.1) is 0 Å². The number of amides is 2. The van der Waals surface area contributed by atoms with Crippen LogP contribution in [0.4, 0.5) is 25.0 Å². The summed E-state index contributed by atoms with van der Waals surface area (Å²) in [5.74, 6) is -2.72. The maximum atomic E-state index is 13.2. The summed E-state index contributed by atoms with van der Waals surface area (Å²) in [4.78, 5) is 28.3. The number of ether oxygens (including phenoxy) is 1. The van der Waals surface area contributed by atoms with Crippen molar-refractivity contribution in [3.05, 3.63) is 30.6 Å². The molecule has 2 unspecified atom stereocenters. The second kappa shape index (κ2) is 8.00. The van der Waals surface area contributed by atoms with Gasteiger partial charge in [-0.1, -0.05) is 6.07 Å². The molecule has 8 nitrogen and oxygen atoms in total. The Hall–Kier alpha value is -3.17. The Kier molecular flexibility index (Phi) is 5.25. The molecule has 1 saturated heterocycles. The van der Waals surface area contributed by atoms with Gasteiger partial charge in [0.15, 0.2) is 0 Å². The van der Waals surface area contributed by atoms with E-state index in [2.05, 4.69) is 15.3 Å². The van der Waals surface area contributed by atoms with E-state index >= 15 is 0 Å². The molecule has 1 N–H and O–H groups in total. The maximum absolute atomic E-state index is 13.2. The highest BCUT2D eigenvalue weighted by Crippen LogP contribution is 2.42. The second-order valence-corrected chi connectivity index (χ2v) is 9.25. The molecule has 1 saturated carbocycles. The van der Waals surface area contributed by atoms with E-state index in [0.717, 1.165) is 23.2 Å². The number of nitrogens with zero attached hydrogens (tertiary/aromatic N) is 4. The molecular formula is C23H27F2N5O3. The van der Waals surface area contributed by atoms with Crippen LogP contribution in [-0.4, -0.2) is 60.0 Å². The fourth-order valence-electron chi connectivity index (χ4n) is 4.69. The first kappa shape index (κ1) is 21.7. The summed E-state index contributed by atoms with van der Waals surface area (Å²) in [5.41, 5.74) is 3.28. The lowest BCUT2D eigenvalue weighted by atomic mass is 9.91. The Labute approximate surface area is 190 Å². The third kappa shape index (κ3) is 4.14. The van der Waals surface area contributed by atoms with E-state index in [1.165, 1.54) is 4.90 Å². The van der Waals surface area contributed by atoms with Crippen molar-refractivity contribution in [3.8, 4) is 11.1 Å². The molecule has 1 aromatic carbocycles. The molecule has 0 spiro atoms. The van der Waals surface area contributed by atoms with Gasteiger partial charge in [0.05, 0.1) is 23.6 Å². The van der Waals surface area contributed by atoms with Crippen molar-refractivity contribution in [1.82, 2.24) is 15.1 Å². The molecule has 176 valence electrons. The van der Waals surface area contributed by atoms with Crippen LogP contribution in [0.1, 0.15) is 38.6 Å². The van der Waals surface area contributed by atoms with Gasteiger partial charge < -0.3 is 15.0 Å². The molecule has 0 radical (unpaired) electrons. The summed E-state index contributed by atoms with van der Waals surface area (Å²) in [7, 11) is 1.96. The van der Waals surface area contributed by atoms with Crippen molar-refractivity contribution < 1.29 is 23.1 Å². The lowest BCUT2D eigenvalue weighted by Gasteiger charge is -2.41. The van der Waals surface area contributed by atoms with Gasteiger partial charge >= 0.3 is 6.09 Å². The van der Waals surface area contributed by atoms with Crippen molar-refractivity contribution >= 4 is 23.4 Å². The number of nitrogens with one attached hydrogen (secondary N) is 1.